The van der Waals surface area contributed by atoms with Crippen LogP contribution in [0.15, 0.2) is 23.8 Å². The lowest BCUT2D eigenvalue weighted by atomic mass is 9.49. The molecule has 0 saturated heterocycles. The summed E-state index contributed by atoms with van der Waals surface area (Å²) in [5.74, 6) is 2.80. The molecule has 108 valence electrons. The fourth-order valence-corrected chi connectivity index (χ4v) is 6.07. The Morgan fingerprint density at radius 2 is 1.90 bits per heavy atom. The number of carbonyl (C=O) groups is 1. The van der Waals surface area contributed by atoms with E-state index in [4.69, 9.17) is 0 Å². The van der Waals surface area contributed by atoms with Gasteiger partial charge in [-0.2, -0.15) is 0 Å². The maximum absolute atomic E-state index is 12.3. The van der Waals surface area contributed by atoms with Crippen molar-refractivity contribution in [1.29, 1.82) is 0 Å². The molecular formula is C19H26O. The number of fused-ring (bicyclic) bond motifs is 5. The van der Waals surface area contributed by atoms with Gasteiger partial charge in [0, 0.05) is 11.8 Å². The summed E-state index contributed by atoms with van der Waals surface area (Å²) in [7, 11) is 0. The van der Waals surface area contributed by atoms with Crippen LogP contribution in [0.3, 0.4) is 0 Å². The standard InChI is InChI=1S/C19H26O/c1-18-11-4-3-5-13(18)6-7-14-15-8-9-17(20)19(15,2)12-10-16(14)18/h3,5-6,14-16H,4,7-12H2,1-2H3/t14-,15-,16+,18-,19-/m0/s1. The van der Waals surface area contributed by atoms with Crippen molar-refractivity contribution >= 4 is 5.78 Å². The van der Waals surface area contributed by atoms with Crippen molar-refractivity contribution in [3.05, 3.63) is 23.8 Å². The normalized spacial score (nSPS) is 50.2. The highest BCUT2D eigenvalue weighted by Crippen LogP contribution is 2.63. The molecule has 5 atom stereocenters. The van der Waals surface area contributed by atoms with Gasteiger partial charge in [-0.25, -0.2) is 0 Å². The summed E-state index contributed by atoms with van der Waals surface area (Å²) in [5.41, 5.74) is 2.01. The van der Waals surface area contributed by atoms with Crippen LogP contribution in [0, 0.1) is 28.6 Å². The Kier molecular flexibility index (Phi) is 2.63. The Morgan fingerprint density at radius 1 is 1.10 bits per heavy atom. The smallest absolute Gasteiger partial charge is 0.139 e. The van der Waals surface area contributed by atoms with Gasteiger partial charge in [0.25, 0.3) is 0 Å². The van der Waals surface area contributed by atoms with Crippen molar-refractivity contribution in [2.24, 2.45) is 28.6 Å². The van der Waals surface area contributed by atoms with Gasteiger partial charge >= 0.3 is 0 Å². The lowest BCUT2D eigenvalue weighted by molar-refractivity contribution is -0.131. The van der Waals surface area contributed by atoms with Crippen LogP contribution in [-0.2, 0) is 4.79 Å². The molecule has 20 heavy (non-hydrogen) atoms. The Morgan fingerprint density at radius 3 is 2.75 bits per heavy atom. The first-order valence-electron chi connectivity index (χ1n) is 8.46. The Hall–Kier alpha value is -0.850. The van der Waals surface area contributed by atoms with E-state index in [1.807, 2.05) is 0 Å². The zero-order valence-corrected chi connectivity index (χ0v) is 12.8. The van der Waals surface area contributed by atoms with Crippen molar-refractivity contribution in [3.8, 4) is 0 Å². The van der Waals surface area contributed by atoms with Gasteiger partial charge in [-0.3, -0.25) is 4.79 Å². The molecule has 4 rings (SSSR count). The summed E-state index contributed by atoms with van der Waals surface area (Å²) in [6.07, 6.45) is 15.4. The van der Waals surface area contributed by atoms with Crippen molar-refractivity contribution in [1.82, 2.24) is 0 Å². The molecule has 0 bridgehead atoms. The van der Waals surface area contributed by atoms with E-state index in [1.165, 1.54) is 25.7 Å². The van der Waals surface area contributed by atoms with E-state index in [0.717, 1.165) is 31.1 Å². The van der Waals surface area contributed by atoms with Gasteiger partial charge in [0.2, 0.25) is 0 Å². The van der Waals surface area contributed by atoms with Crippen LogP contribution in [0.5, 0.6) is 0 Å². The van der Waals surface area contributed by atoms with Crippen molar-refractivity contribution in [2.45, 2.75) is 58.8 Å². The van der Waals surface area contributed by atoms with Crippen molar-refractivity contribution < 1.29 is 4.79 Å². The van der Waals surface area contributed by atoms with Gasteiger partial charge in [0.05, 0.1) is 0 Å². The minimum Gasteiger partial charge on any atom is -0.299 e. The lowest BCUT2D eigenvalue weighted by Crippen LogP contribution is -2.49. The molecule has 0 amide bonds. The van der Waals surface area contributed by atoms with Gasteiger partial charge < -0.3 is 0 Å². The highest BCUT2D eigenvalue weighted by molar-refractivity contribution is 5.87. The summed E-state index contributed by atoms with van der Waals surface area (Å²) in [5, 5.41) is 0. The summed E-state index contributed by atoms with van der Waals surface area (Å²) < 4.78 is 0. The molecule has 0 aliphatic heterocycles. The molecule has 0 aromatic carbocycles. The molecule has 1 nitrogen and oxygen atoms in total. The summed E-state index contributed by atoms with van der Waals surface area (Å²) in [4.78, 5) is 12.3. The third-order valence-electron chi connectivity index (χ3n) is 7.36. The lowest BCUT2D eigenvalue weighted by Gasteiger charge is -2.55. The molecule has 2 fully saturated rings. The van der Waals surface area contributed by atoms with E-state index in [0.29, 0.717) is 17.1 Å². The zero-order chi connectivity index (χ0) is 14.0. The Bertz CT molecular complexity index is 514. The fourth-order valence-electron chi connectivity index (χ4n) is 6.07. The van der Waals surface area contributed by atoms with Gasteiger partial charge in [-0.05, 0) is 67.3 Å². The van der Waals surface area contributed by atoms with Gasteiger partial charge in [0.15, 0.2) is 0 Å². The molecule has 1 heteroatoms. The van der Waals surface area contributed by atoms with Gasteiger partial charge in [0.1, 0.15) is 5.78 Å². The first-order valence-corrected chi connectivity index (χ1v) is 8.46. The van der Waals surface area contributed by atoms with Crippen LogP contribution in [-0.4, -0.2) is 5.78 Å². The molecule has 4 aliphatic rings. The minimum atomic E-state index is 0.0212. The van der Waals surface area contributed by atoms with Crippen LogP contribution in [0.4, 0.5) is 0 Å². The van der Waals surface area contributed by atoms with E-state index in [1.54, 1.807) is 5.57 Å². The number of carbonyl (C=O) groups excluding carboxylic acids is 1. The molecule has 0 radical (unpaired) electrons. The van der Waals surface area contributed by atoms with E-state index < -0.39 is 0 Å². The second kappa shape index (κ2) is 4.08. The number of allylic oxidation sites excluding steroid dienone is 4. The van der Waals surface area contributed by atoms with Crippen molar-refractivity contribution in [2.75, 3.05) is 0 Å². The fraction of sp³-hybridized carbons (Fsp3) is 0.737. The molecule has 0 unspecified atom stereocenters. The second-order valence-electron chi connectivity index (χ2n) is 8.05. The SMILES string of the molecule is C[C@]12CCC=CC1=CC[C@@H]1[C@H]2CC[C@]2(C)C(=O)CC[C@@H]12. The molecule has 4 aliphatic carbocycles. The number of hydrogen-bond donors (Lipinski definition) is 0. The molecular weight excluding hydrogens is 244 g/mol. The first kappa shape index (κ1) is 12.9. The third-order valence-corrected chi connectivity index (χ3v) is 7.36. The minimum absolute atomic E-state index is 0.0212. The molecule has 0 aromatic heterocycles. The quantitative estimate of drug-likeness (QED) is 0.624. The number of ketones is 1. The molecule has 0 aromatic rings. The highest BCUT2D eigenvalue weighted by Gasteiger charge is 2.57. The molecule has 0 N–H and O–H groups in total. The second-order valence-corrected chi connectivity index (χ2v) is 8.05. The largest absolute Gasteiger partial charge is 0.299 e. The number of Topliss-reactive ketones (excluding diaryl/α,β-unsaturated/α-hetero) is 1. The summed E-state index contributed by atoms with van der Waals surface area (Å²) in [6.45, 7) is 4.77. The molecule has 0 heterocycles. The summed E-state index contributed by atoms with van der Waals surface area (Å²) >= 11 is 0. The van der Waals surface area contributed by atoms with E-state index in [9.17, 15) is 4.79 Å². The Labute approximate surface area is 122 Å². The average molecular weight is 270 g/mol. The predicted molar refractivity (Wildman–Crippen MR) is 81.2 cm³/mol. The number of rotatable bonds is 0. The van der Waals surface area contributed by atoms with E-state index in [2.05, 4.69) is 32.1 Å². The van der Waals surface area contributed by atoms with Crippen molar-refractivity contribution in [3.63, 3.8) is 0 Å². The monoisotopic (exact) mass is 270 g/mol. The third kappa shape index (κ3) is 1.47. The van der Waals surface area contributed by atoms with Crippen LogP contribution in [0.25, 0.3) is 0 Å². The predicted octanol–water partition coefficient (Wildman–Crippen LogP) is 4.68. The highest BCUT2D eigenvalue weighted by atomic mass is 16.1. The Balaban J connectivity index is 1.74. The van der Waals surface area contributed by atoms with Gasteiger partial charge in [-0.15, -0.1) is 0 Å². The average Bonchev–Trinajstić information content (AvgIpc) is 2.74. The van der Waals surface area contributed by atoms with E-state index >= 15 is 0 Å². The molecule has 2 saturated carbocycles. The van der Waals surface area contributed by atoms with E-state index in [-0.39, 0.29) is 5.41 Å². The maximum Gasteiger partial charge on any atom is 0.139 e. The summed E-state index contributed by atoms with van der Waals surface area (Å²) in [6, 6.07) is 0. The van der Waals surface area contributed by atoms with Crippen LogP contribution in [0.2, 0.25) is 0 Å². The topological polar surface area (TPSA) is 17.1 Å². The van der Waals surface area contributed by atoms with Crippen LogP contribution in [0.1, 0.15) is 58.8 Å². The first-order chi connectivity index (χ1) is 9.56. The zero-order valence-electron chi connectivity index (χ0n) is 12.8. The van der Waals surface area contributed by atoms with Gasteiger partial charge in [-0.1, -0.05) is 32.1 Å². The van der Waals surface area contributed by atoms with Crippen LogP contribution < -0.4 is 0 Å². The maximum atomic E-state index is 12.3. The number of hydrogen-bond acceptors (Lipinski definition) is 1. The molecule has 0 spiro atoms. The van der Waals surface area contributed by atoms with Crippen LogP contribution >= 0.6 is 0 Å².